The van der Waals surface area contributed by atoms with Crippen molar-refractivity contribution in [3.8, 4) is 0 Å². The van der Waals surface area contributed by atoms with Crippen molar-refractivity contribution in [1.82, 2.24) is 5.32 Å². The lowest BCUT2D eigenvalue weighted by Crippen LogP contribution is -2.38. The largest absolute Gasteiger partial charge is 0.392 e. The fourth-order valence-corrected chi connectivity index (χ4v) is 1.76. The fourth-order valence-electron chi connectivity index (χ4n) is 1.76. The fraction of sp³-hybridized carbons (Fsp3) is 1.00. The maximum atomic E-state index is 9.86. The SMILES string of the molecule is CCC(CC)C(O)CNCC(O)COC(C)C. The second kappa shape index (κ2) is 9.83. The van der Waals surface area contributed by atoms with Crippen LogP contribution >= 0.6 is 0 Å². The van der Waals surface area contributed by atoms with Crippen LogP contribution in [0.1, 0.15) is 40.5 Å². The van der Waals surface area contributed by atoms with Crippen LogP contribution in [0.15, 0.2) is 0 Å². The van der Waals surface area contributed by atoms with Gasteiger partial charge in [0.2, 0.25) is 0 Å². The Kier molecular flexibility index (Phi) is 9.74. The normalized spacial score (nSPS) is 15.5. The van der Waals surface area contributed by atoms with Crippen LogP contribution in [0.25, 0.3) is 0 Å². The predicted octanol–water partition coefficient (Wildman–Crippen LogP) is 1.16. The Morgan fingerprint density at radius 2 is 1.65 bits per heavy atom. The highest BCUT2D eigenvalue weighted by Crippen LogP contribution is 2.12. The smallest absolute Gasteiger partial charge is 0.0897 e. The molecule has 0 amide bonds. The van der Waals surface area contributed by atoms with Crippen molar-refractivity contribution in [2.75, 3.05) is 19.7 Å². The van der Waals surface area contributed by atoms with Crippen molar-refractivity contribution < 1.29 is 14.9 Å². The highest BCUT2D eigenvalue weighted by atomic mass is 16.5. The van der Waals surface area contributed by atoms with Crippen LogP contribution in [0.2, 0.25) is 0 Å². The minimum absolute atomic E-state index is 0.139. The van der Waals surface area contributed by atoms with Crippen molar-refractivity contribution in [3.05, 3.63) is 0 Å². The summed E-state index contributed by atoms with van der Waals surface area (Å²) in [4.78, 5) is 0. The number of aliphatic hydroxyl groups is 2. The van der Waals surface area contributed by atoms with Gasteiger partial charge in [0, 0.05) is 13.1 Å². The van der Waals surface area contributed by atoms with Gasteiger partial charge in [0.05, 0.1) is 24.9 Å². The zero-order valence-corrected chi connectivity index (χ0v) is 11.6. The number of rotatable bonds is 10. The molecule has 0 radical (unpaired) electrons. The molecule has 2 unspecified atom stereocenters. The van der Waals surface area contributed by atoms with Gasteiger partial charge in [-0.2, -0.15) is 0 Å². The molecule has 0 aromatic rings. The van der Waals surface area contributed by atoms with Crippen molar-refractivity contribution in [1.29, 1.82) is 0 Å². The molecule has 0 aliphatic carbocycles. The second-order valence-corrected chi connectivity index (χ2v) is 4.84. The van der Waals surface area contributed by atoms with Gasteiger partial charge >= 0.3 is 0 Å². The first-order valence-corrected chi connectivity index (χ1v) is 6.69. The Hall–Kier alpha value is -0.160. The molecule has 0 aliphatic rings. The van der Waals surface area contributed by atoms with Crippen molar-refractivity contribution in [2.24, 2.45) is 5.92 Å². The minimum Gasteiger partial charge on any atom is -0.392 e. The average Bonchev–Trinajstić information content (AvgIpc) is 2.28. The van der Waals surface area contributed by atoms with Crippen molar-refractivity contribution >= 4 is 0 Å². The molecular weight excluding hydrogens is 218 g/mol. The van der Waals surface area contributed by atoms with Crippen LogP contribution in [-0.2, 0) is 4.74 Å². The van der Waals surface area contributed by atoms with Gasteiger partial charge in [0.1, 0.15) is 0 Å². The first kappa shape index (κ1) is 16.8. The molecule has 0 aliphatic heterocycles. The number of hydrogen-bond donors (Lipinski definition) is 3. The van der Waals surface area contributed by atoms with E-state index in [2.05, 4.69) is 19.2 Å². The van der Waals surface area contributed by atoms with Crippen LogP contribution in [-0.4, -0.2) is 48.2 Å². The number of nitrogens with one attached hydrogen (secondary N) is 1. The summed E-state index contributed by atoms with van der Waals surface area (Å²) in [5.74, 6) is 0.339. The first-order chi connectivity index (χ1) is 8.01. The Morgan fingerprint density at radius 3 is 2.12 bits per heavy atom. The quantitative estimate of drug-likeness (QED) is 0.542. The van der Waals surface area contributed by atoms with Crippen LogP contribution in [0, 0.1) is 5.92 Å². The lowest BCUT2D eigenvalue weighted by molar-refractivity contribution is 0.00446. The van der Waals surface area contributed by atoms with Gasteiger partial charge in [0.15, 0.2) is 0 Å². The lowest BCUT2D eigenvalue weighted by Gasteiger charge is -2.21. The average molecular weight is 247 g/mol. The Bertz CT molecular complexity index is 172. The summed E-state index contributed by atoms with van der Waals surface area (Å²) in [6, 6.07) is 0. The van der Waals surface area contributed by atoms with E-state index < -0.39 is 6.10 Å². The number of hydrogen-bond acceptors (Lipinski definition) is 4. The second-order valence-electron chi connectivity index (χ2n) is 4.84. The predicted molar refractivity (Wildman–Crippen MR) is 70.0 cm³/mol. The van der Waals surface area contributed by atoms with E-state index in [9.17, 15) is 10.2 Å². The maximum Gasteiger partial charge on any atom is 0.0897 e. The Labute approximate surface area is 105 Å². The van der Waals surface area contributed by atoms with E-state index in [0.717, 1.165) is 12.8 Å². The molecule has 0 aromatic carbocycles. The first-order valence-electron chi connectivity index (χ1n) is 6.69. The van der Waals surface area contributed by atoms with E-state index in [0.29, 0.717) is 25.6 Å². The zero-order chi connectivity index (χ0) is 13.3. The lowest BCUT2D eigenvalue weighted by atomic mass is 9.96. The van der Waals surface area contributed by atoms with Crippen LogP contribution in [0.3, 0.4) is 0 Å². The van der Waals surface area contributed by atoms with Gasteiger partial charge in [-0.15, -0.1) is 0 Å². The molecule has 3 N–H and O–H groups in total. The third kappa shape index (κ3) is 8.55. The van der Waals surface area contributed by atoms with Crippen LogP contribution in [0.4, 0.5) is 0 Å². The summed E-state index contributed by atoms with van der Waals surface area (Å²) in [5, 5.41) is 22.5. The molecule has 2 atom stereocenters. The maximum absolute atomic E-state index is 9.86. The molecule has 0 saturated heterocycles. The number of aliphatic hydroxyl groups excluding tert-OH is 2. The standard InChI is InChI=1S/C13H29NO3/c1-5-11(6-2)13(16)8-14-7-12(15)9-17-10(3)4/h10-16H,5-9H2,1-4H3. The molecule has 4 nitrogen and oxygen atoms in total. The van der Waals surface area contributed by atoms with Gasteiger partial charge in [-0.25, -0.2) is 0 Å². The van der Waals surface area contributed by atoms with E-state index in [4.69, 9.17) is 4.74 Å². The highest BCUT2D eigenvalue weighted by Gasteiger charge is 2.15. The van der Waals surface area contributed by atoms with E-state index in [1.165, 1.54) is 0 Å². The van der Waals surface area contributed by atoms with E-state index >= 15 is 0 Å². The van der Waals surface area contributed by atoms with Crippen molar-refractivity contribution in [2.45, 2.75) is 58.8 Å². The van der Waals surface area contributed by atoms with Gasteiger partial charge in [0.25, 0.3) is 0 Å². The van der Waals surface area contributed by atoms with E-state index in [1.54, 1.807) is 0 Å². The van der Waals surface area contributed by atoms with Gasteiger partial charge in [-0.3, -0.25) is 0 Å². The topological polar surface area (TPSA) is 61.7 Å². The summed E-state index contributed by atoms with van der Waals surface area (Å²) in [6.45, 7) is 9.39. The molecule has 0 saturated carbocycles. The Balaban J connectivity index is 3.61. The van der Waals surface area contributed by atoms with Gasteiger partial charge in [-0.05, 0) is 19.8 Å². The molecule has 0 fully saturated rings. The summed E-state index contributed by atoms with van der Waals surface area (Å²) in [5.41, 5.74) is 0. The van der Waals surface area contributed by atoms with Gasteiger partial charge in [-0.1, -0.05) is 26.7 Å². The molecular formula is C13H29NO3. The van der Waals surface area contributed by atoms with Crippen LogP contribution < -0.4 is 5.32 Å². The third-order valence-corrected chi connectivity index (χ3v) is 2.95. The number of ether oxygens (including phenoxy) is 1. The van der Waals surface area contributed by atoms with E-state index in [1.807, 2.05) is 13.8 Å². The third-order valence-electron chi connectivity index (χ3n) is 2.95. The summed E-state index contributed by atoms with van der Waals surface area (Å²) in [6.07, 6.45) is 1.27. The van der Waals surface area contributed by atoms with E-state index in [-0.39, 0.29) is 12.2 Å². The van der Waals surface area contributed by atoms with Crippen molar-refractivity contribution in [3.63, 3.8) is 0 Å². The molecule has 0 aromatic heterocycles. The minimum atomic E-state index is -0.508. The molecule has 4 heteroatoms. The summed E-state index contributed by atoms with van der Waals surface area (Å²) < 4.78 is 5.30. The summed E-state index contributed by atoms with van der Waals surface area (Å²) >= 11 is 0. The molecule has 104 valence electrons. The Morgan fingerprint density at radius 1 is 1.06 bits per heavy atom. The molecule has 0 heterocycles. The van der Waals surface area contributed by atoms with Gasteiger partial charge < -0.3 is 20.3 Å². The monoisotopic (exact) mass is 247 g/mol. The summed E-state index contributed by atoms with van der Waals surface area (Å²) in [7, 11) is 0. The molecule has 0 spiro atoms. The zero-order valence-electron chi connectivity index (χ0n) is 11.6. The van der Waals surface area contributed by atoms with Crippen LogP contribution in [0.5, 0.6) is 0 Å². The molecule has 17 heavy (non-hydrogen) atoms. The molecule has 0 bridgehead atoms. The highest BCUT2D eigenvalue weighted by molar-refractivity contribution is 4.70. The molecule has 0 rings (SSSR count).